The molecule has 0 radical (unpaired) electrons. The van der Waals surface area contributed by atoms with Gasteiger partial charge in [0.05, 0.1) is 5.56 Å². The van der Waals surface area contributed by atoms with Crippen LogP contribution >= 0.6 is 0 Å². The summed E-state index contributed by atoms with van der Waals surface area (Å²) in [6, 6.07) is 10.1. The lowest BCUT2D eigenvalue weighted by Crippen LogP contribution is -1.91. The van der Waals surface area contributed by atoms with E-state index in [9.17, 15) is 0 Å². The van der Waals surface area contributed by atoms with Gasteiger partial charge < -0.3 is 10.3 Å². The first-order valence-corrected chi connectivity index (χ1v) is 8.12. The summed E-state index contributed by atoms with van der Waals surface area (Å²) in [5, 5.41) is 3.94. The van der Waals surface area contributed by atoms with Gasteiger partial charge in [0, 0.05) is 6.42 Å². The molecule has 2 N–H and O–H groups in total. The standard InChI is InChI=1S/C18H26N2O/c1-2-3-4-5-6-7-11-14-16-17(18(19)20-21-16)15-12-9-8-10-13-15/h8-10,12-13H,2-7,11,14H2,1H3,(H2,19,20). The fraction of sp³-hybridized carbons (Fsp3) is 0.500. The minimum Gasteiger partial charge on any atom is -0.380 e. The van der Waals surface area contributed by atoms with Gasteiger partial charge in [-0.25, -0.2) is 0 Å². The molecule has 114 valence electrons. The van der Waals surface area contributed by atoms with Gasteiger partial charge in [0.1, 0.15) is 5.76 Å². The molecule has 0 aliphatic heterocycles. The molecule has 0 unspecified atom stereocenters. The van der Waals surface area contributed by atoms with E-state index >= 15 is 0 Å². The Morgan fingerprint density at radius 1 is 0.952 bits per heavy atom. The highest BCUT2D eigenvalue weighted by Crippen LogP contribution is 2.30. The van der Waals surface area contributed by atoms with Gasteiger partial charge in [0.25, 0.3) is 0 Å². The quantitative estimate of drug-likeness (QED) is 0.643. The molecule has 0 spiro atoms. The molecule has 2 aromatic rings. The van der Waals surface area contributed by atoms with E-state index < -0.39 is 0 Å². The lowest BCUT2D eigenvalue weighted by Gasteiger charge is -2.03. The lowest BCUT2D eigenvalue weighted by molar-refractivity contribution is 0.381. The van der Waals surface area contributed by atoms with Gasteiger partial charge in [-0.1, -0.05) is 80.9 Å². The van der Waals surface area contributed by atoms with Crippen molar-refractivity contribution < 1.29 is 4.52 Å². The second-order valence-electron chi connectivity index (χ2n) is 5.60. The summed E-state index contributed by atoms with van der Waals surface area (Å²) in [7, 11) is 0. The number of nitrogen functional groups attached to an aromatic ring is 1. The van der Waals surface area contributed by atoms with Crippen LogP contribution in [0.15, 0.2) is 34.9 Å². The number of aryl methyl sites for hydroxylation is 1. The third-order valence-electron chi connectivity index (χ3n) is 3.86. The fourth-order valence-corrected chi connectivity index (χ4v) is 2.67. The number of rotatable bonds is 9. The van der Waals surface area contributed by atoms with Gasteiger partial charge in [0.15, 0.2) is 5.82 Å². The summed E-state index contributed by atoms with van der Waals surface area (Å²) in [5.41, 5.74) is 8.02. The van der Waals surface area contributed by atoms with Crippen LogP contribution in [0.4, 0.5) is 5.82 Å². The van der Waals surface area contributed by atoms with Crippen molar-refractivity contribution >= 4 is 5.82 Å². The number of nitrogens with zero attached hydrogens (tertiary/aromatic N) is 1. The summed E-state index contributed by atoms with van der Waals surface area (Å²) in [4.78, 5) is 0. The van der Waals surface area contributed by atoms with Crippen molar-refractivity contribution in [2.75, 3.05) is 5.73 Å². The maximum atomic E-state index is 5.95. The number of hydrogen-bond acceptors (Lipinski definition) is 3. The zero-order valence-corrected chi connectivity index (χ0v) is 13.0. The van der Waals surface area contributed by atoms with Crippen LogP contribution in [-0.2, 0) is 6.42 Å². The van der Waals surface area contributed by atoms with Crippen LogP contribution < -0.4 is 5.73 Å². The number of nitrogens with two attached hydrogens (primary N) is 1. The van der Waals surface area contributed by atoms with E-state index in [4.69, 9.17) is 10.3 Å². The Labute approximate surface area is 127 Å². The summed E-state index contributed by atoms with van der Waals surface area (Å²) in [5.74, 6) is 1.42. The van der Waals surface area contributed by atoms with Crippen LogP contribution in [0.2, 0.25) is 0 Å². The maximum absolute atomic E-state index is 5.95. The van der Waals surface area contributed by atoms with Crippen LogP contribution in [0.3, 0.4) is 0 Å². The second kappa shape index (κ2) is 8.50. The largest absolute Gasteiger partial charge is 0.380 e. The summed E-state index contributed by atoms with van der Waals surface area (Å²) >= 11 is 0. The highest BCUT2D eigenvalue weighted by atomic mass is 16.5. The molecule has 3 heteroatoms. The minimum atomic E-state index is 0.499. The Bertz CT molecular complexity index is 519. The van der Waals surface area contributed by atoms with E-state index in [1.54, 1.807) is 0 Å². The average molecular weight is 286 g/mol. The van der Waals surface area contributed by atoms with Gasteiger partial charge in [-0.3, -0.25) is 0 Å². The molecule has 0 aliphatic carbocycles. The molecule has 1 heterocycles. The molecular formula is C18H26N2O. The second-order valence-corrected chi connectivity index (χ2v) is 5.60. The average Bonchev–Trinajstić information content (AvgIpc) is 2.88. The molecule has 0 saturated heterocycles. The smallest absolute Gasteiger partial charge is 0.175 e. The van der Waals surface area contributed by atoms with Crippen LogP contribution in [0, 0.1) is 0 Å². The fourth-order valence-electron chi connectivity index (χ4n) is 2.67. The predicted molar refractivity (Wildman–Crippen MR) is 88.0 cm³/mol. The zero-order chi connectivity index (χ0) is 14.9. The SMILES string of the molecule is CCCCCCCCCc1onc(N)c1-c1ccccc1. The third-order valence-corrected chi connectivity index (χ3v) is 3.86. The molecule has 0 saturated carbocycles. The van der Waals surface area contributed by atoms with E-state index in [2.05, 4.69) is 24.2 Å². The monoisotopic (exact) mass is 286 g/mol. The van der Waals surface area contributed by atoms with Crippen molar-refractivity contribution in [2.45, 2.75) is 58.3 Å². The molecule has 3 nitrogen and oxygen atoms in total. The minimum absolute atomic E-state index is 0.499. The van der Waals surface area contributed by atoms with Gasteiger partial charge in [-0.2, -0.15) is 0 Å². The Hall–Kier alpha value is -1.77. The predicted octanol–water partition coefficient (Wildman–Crippen LogP) is 5.22. The topological polar surface area (TPSA) is 52.0 Å². The molecule has 1 aromatic heterocycles. The third kappa shape index (κ3) is 4.62. The van der Waals surface area contributed by atoms with Crippen molar-refractivity contribution in [3.63, 3.8) is 0 Å². The summed E-state index contributed by atoms with van der Waals surface area (Å²) in [6.45, 7) is 2.25. The Kier molecular flexibility index (Phi) is 6.32. The van der Waals surface area contributed by atoms with Crippen molar-refractivity contribution in [3.05, 3.63) is 36.1 Å². The summed E-state index contributed by atoms with van der Waals surface area (Å²) < 4.78 is 5.42. The Balaban J connectivity index is 1.84. The van der Waals surface area contributed by atoms with Gasteiger partial charge in [0.2, 0.25) is 0 Å². The molecular weight excluding hydrogens is 260 g/mol. The number of benzene rings is 1. The number of aromatic nitrogens is 1. The first kappa shape index (κ1) is 15.6. The molecule has 21 heavy (non-hydrogen) atoms. The summed E-state index contributed by atoms with van der Waals surface area (Å²) in [6.07, 6.45) is 9.99. The van der Waals surface area contributed by atoms with Crippen LogP contribution in [0.25, 0.3) is 11.1 Å². The molecule has 0 atom stereocenters. The first-order valence-electron chi connectivity index (χ1n) is 8.12. The van der Waals surface area contributed by atoms with Crippen LogP contribution in [-0.4, -0.2) is 5.16 Å². The number of anilines is 1. The highest BCUT2D eigenvalue weighted by molar-refractivity contribution is 5.75. The van der Waals surface area contributed by atoms with E-state index in [1.165, 1.54) is 38.5 Å². The Morgan fingerprint density at radius 2 is 1.62 bits per heavy atom. The molecule has 0 bridgehead atoms. The maximum Gasteiger partial charge on any atom is 0.175 e. The van der Waals surface area contributed by atoms with Crippen LogP contribution in [0.1, 0.15) is 57.6 Å². The van der Waals surface area contributed by atoms with Crippen molar-refractivity contribution in [1.29, 1.82) is 0 Å². The Morgan fingerprint density at radius 3 is 2.33 bits per heavy atom. The molecule has 2 rings (SSSR count). The first-order chi connectivity index (χ1) is 10.3. The number of hydrogen-bond donors (Lipinski definition) is 1. The van der Waals surface area contributed by atoms with E-state index in [1.807, 2.05) is 18.2 Å². The van der Waals surface area contributed by atoms with Crippen LogP contribution in [0.5, 0.6) is 0 Å². The lowest BCUT2D eigenvalue weighted by atomic mass is 10.0. The molecule has 1 aromatic carbocycles. The van der Waals surface area contributed by atoms with E-state index in [0.29, 0.717) is 5.82 Å². The molecule has 0 amide bonds. The van der Waals surface area contributed by atoms with Crippen molar-refractivity contribution in [3.8, 4) is 11.1 Å². The zero-order valence-electron chi connectivity index (χ0n) is 13.0. The van der Waals surface area contributed by atoms with Crippen molar-refractivity contribution in [2.24, 2.45) is 0 Å². The highest BCUT2D eigenvalue weighted by Gasteiger charge is 2.14. The van der Waals surface area contributed by atoms with Crippen molar-refractivity contribution in [1.82, 2.24) is 5.16 Å². The van der Waals surface area contributed by atoms with Gasteiger partial charge in [-0.05, 0) is 12.0 Å². The number of unbranched alkanes of at least 4 members (excludes halogenated alkanes) is 6. The van der Waals surface area contributed by atoms with Gasteiger partial charge in [-0.15, -0.1) is 0 Å². The normalized spacial score (nSPS) is 10.9. The molecule has 0 fully saturated rings. The van der Waals surface area contributed by atoms with E-state index in [-0.39, 0.29) is 0 Å². The van der Waals surface area contributed by atoms with E-state index in [0.717, 1.165) is 29.7 Å². The molecule has 0 aliphatic rings. The van der Waals surface area contributed by atoms with Gasteiger partial charge >= 0.3 is 0 Å².